The first kappa shape index (κ1) is 15.9. The van der Waals surface area contributed by atoms with E-state index in [0.717, 1.165) is 36.4 Å². The van der Waals surface area contributed by atoms with Gasteiger partial charge in [0, 0.05) is 11.1 Å². The van der Waals surface area contributed by atoms with Crippen LogP contribution in [0.4, 0.5) is 14.5 Å². The third-order valence-corrected chi connectivity index (χ3v) is 4.38. The molecule has 0 heterocycles. The molecule has 0 fully saturated rings. The number of rotatable bonds is 4. The molecule has 0 unspecified atom stereocenters. The predicted octanol–water partition coefficient (Wildman–Crippen LogP) is 2.17. The lowest BCUT2D eigenvalue weighted by Gasteiger charge is -2.12. The molecule has 5 nitrogen and oxygen atoms in total. The van der Waals surface area contributed by atoms with Gasteiger partial charge in [-0.2, -0.15) is 0 Å². The van der Waals surface area contributed by atoms with Gasteiger partial charge < -0.3 is 5.73 Å². The molecule has 0 saturated heterocycles. The molecule has 0 bridgehead atoms. The number of hydrogen-bond acceptors (Lipinski definition) is 3. The zero-order valence-electron chi connectivity index (χ0n) is 11.4. The molecule has 0 aromatic heterocycles. The second-order valence-corrected chi connectivity index (χ2v) is 6.24. The third kappa shape index (κ3) is 3.22. The summed E-state index contributed by atoms with van der Waals surface area (Å²) in [6, 6.07) is 6.18. The average molecular weight is 326 g/mol. The summed E-state index contributed by atoms with van der Waals surface area (Å²) in [7, 11) is -4.05. The molecule has 0 aliphatic rings. The first-order chi connectivity index (χ1) is 10.2. The number of hydrogen-bond donors (Lipinski definition) is 2. The molecule has 1 amide bonds. The van der Waals surface area contributed by atoms with Crippen LogP contribution >= 0.6 is 0 Å². The van der Waals surface area contributed by atoms with Crippen molar-refractivity contribution < 1.29 is 22.0 Å². The van der Waals surface area contributed by atoms with Crippen molar-refractivity contribution in [2.24, 2.45) is 5.73 Å². The summed E-state index contributed by atoms with van der Waals surface area (Å²) in [6.07, 6.45) is 0. The molecule has 0 aliphatic carbocycles. The van der Waals surface area contributed by atoms with E-state index in [1.807, 2.05) is 0 Å². The van der Waals surface area contributed by atoms with Crippen LogP contribution in [0, 0.1) is 18.6 Å². The van der Waals surface area contributed by atoms with Gasteiger partial charge >= 0.3 is 0 Å². The number of amides is 1. The summed E-state index contributed by atoms with van der Waals surface area (Å²) in [5.41, 5.74) is 4.80. The standard InChI is InChI=1S/C14H12F2N2O3S/c1-8-12(16)6-9(14(17)19)7-13(8)18-22(20,21)11-4-2-10(15)3-5-11/h2-7,18H,1H3,(H2,17,19). The second kappa shape index (κ2) is 5.72. The number of benzene rings is 2. The molecule has 2 aromatic carbocycles. The molecular weight excluding hydrogens is 314 g/mol. The van der Waals surface area contributed by atoms with Crippen LogP contribution in [0.3, 0.4) is 0 Å². The molecule has 2 aromatic rings. The summed E-state index contributed by atoms with van der Waals surface area (Å²) in [5, 5.41) is 0. The minimum Gasteiger partial charge on any atom is -0.366 e. The van der Waals surface area contributed by atoms with Crippen LogP contribution in [-0.2, 0) is 10.0 Å². The second-order valence-electron chi connectivity index (χ2n) is 4.55. The smallest absolute Gasteiger partial charge is 0.261 e. The summed E-state index contributed by atoms with van der Waals surface area (Å²) in [6.45, 7) is 1.35. The zero-order valence-corrected chi connectivity index (χ0v) is 12.2. The van der Waals surface area contributed by atoms with E-state index < -0.39 is 27.6 Å². The van der Waals surface area contributed by atoms with E-state index in [1.165, 1.54) is 6.92 Å². The number of anilines is 1. The SMILES string of the molecule is Cc1c(F)cc(C(N)=O)cc1NS(=O)(=O)c1ccc(F)cc1. The summed E-state index contributed by atoms with van der Waals surface area (Å²) in [5.74, 6) is -2.24. The number of primary amides is 1. The van der Waals surface area contributed by atoms with Crippen molar-refractivity contribution in [2.45, 2.75) is 11.8 Å². The Morgan fingerprint density at radius 1 is 1.14 bits per heavy atom. The lowest BCUT2D eigenvalue weighted by Crippen LogP contribution is -2.16. The maximum absolute atomic E-state index is 13.7. The van der Waals surface area contributed by atoms with Gasteiger partial charge in [-0.05, 0) is 43.3 Å². The predicted molar refractivity (Wildman–Crippen MR) is 76.9 cm³/mol. The van der Waals surface area contributed by atoms with Gasteiger partial charge in [-0.15, -0.1) is 0 Å². The van der Waals surface area contributed by atoms with Gasteiger partial charge in [0.05, 0.1) is 10.6 Å². The van der Waals surface area contributed by atoms with Crippen molar-refractivity contribution in [1.29, 1.82) is 0 Å². The fraction of sp³-hybridized carbons (Fsp3) is 0.0714. The maximum atomic E-state index is 13.7. The van der Waals surface area contributed by atoms with Gasteiger partial charge in [0.1, 0.15) is 11.6 Å². The van der Waals surface area contributed by atoms with Gasteiger partial charge in [-0.3, -0.25) is 9.52 Å². The fourth-order valence-electron chi connectivity index (χ4n) is 1.74. The molecule has 2 rings (SSSR count). The van der Waals surface area contributed by atoms with Crippen LogP contribution in [-0.4, -0.2) is 14.3 Å². The van der Waals surface area contributed by atoms with Gasteiger partial charge in [-0.25, -0.2) is 17.2 Å². The summed E-state index contributed by atoms with van der Waals surface area (Å²) in [4.78, 5) is 10.9. The van der Waals surface area contributed by atoms with E-state index in [9.17, 15) is 22.0 Å². The molecule has 3 N–H and O–H groups in total. The van der Waals surface area contributed by atoms with E-state index in [2.05, 4.69) is 4.72 Å². The van der Waals surface area contributed by atoms with Crippen LogP contribution < -0.4 is 10.5 Å². The van der Waals surface area contributed by atoms with E-state index in [4.69, 9.17) is 5.73 Å². The Bertz CT molecular complexity index is 834. The van der Waals surface area contributed by atoms with E-state index >= 15 is 0 Å². The largest absolute Gasteiger partial charge is 0.366 e. The van der Waals surface area contributed by atoms with Crippen LogP contribution in [0.15, 0.2) is 41.3 Å². The molecular formula is C14H12F2N2O3S. The topological polar surface area (TPSA) is 89.3 Å². The van der Waals surface area contributed by atoms with Crippen molar-refractivity contribution in [3.63, 3.8) is 0 Å². The normalized spacial score (nSPS) is 11.2. The molecule has 0 saturated carbocycles. The Hall–Kier alpha value is -2.48. The fourth-order valence-corrected chi connectivity index (χ4v) is 2.86. The van der Waals surface area contributed by atoms with Gasteiger partial charge in [0.25, 0.3) is 10.0 Å². The summed E-state index contributed by atoms with van der Waals surface area (Å²) >= 11 is 0. The van der Waals surface area contributed by atoms with Crippen molar-refractivity contribution in [3.05, 3.63) is 59.2 Å². The number of carbonyl (C=O) groups is 1. The van der Waals surface area contributed by atoms with Gasteiger partial charge in [0.2, 0.25) is 5.91 Å². The molecule has 22 heavy (non-hydrogen) atoms. The van der Waals surface area contributed by atoms with Gasteiger partial charge in [-0.1, -0.05) is 0 Å². The first-order valence-corrected chi connectivity index (χ1v) is 7.57. The highest BCUT2D eigenvalue weighted by Crippen LogP contribution is 2.24. The lowest BCUT2D eigenvalue weighted by molar-refractivity contribution is 0.1000. The minimum atomic E-state index is -4.05. The highest BCUT2D eigenvalue weighted by atomic mass is 32.2. The first-order valence-electron chi connectivity index (χ1n) is 6.09. The Kier molecular flexibility index (Phi) is 4.14. The third-order valence-electron chi connectivity index (χ3n) is 3.00. The van der Waals surface area contributed by atoms with Crippen molar-refractivity contribution in [2.75, 3.05) is 4.72 Å². The summed E-state index contributed by atoms with van der Waals surface area (Å²) < 4.78 is 53.1. The molecule has 0 aliphatic heterocycles. The quantitative estimate of drug-likeness (QED) is 0.902. The Morgan fingerprint density at radius 3 is 2.27 bits per heavy atom. The van der Waals surface area contributed by atoms with Crippen molar-refractivity contribution >= 4 is 21.6 Å². The Labute approximate surface area is 125 Å². The lowest BCUT2D eigenvalue weighted by atomic mass is 10.1. The van der Waals surface area contributed by atoms with Crippen LogP contribution in [0.25, 0.3) is 0 Å². The van der Waals surface area contributed by atoms with E-state index in [1.54, 1.807) is 0 Å². The number of sulfonamides is 1. The maximum Gasteiger partial charge on any atom is 0.261 e. The van der Waals surface area contributed by atoms with Crippen molar-refractivity contribution in [3.8, 4) is 0 Å². The molecule has 0 spiro atoms. The van der Waals surface area contributed by atoms with Crippen LogP contribution in [0.5, 0.6) is 0 Å². The van der Waals surface area contributed by atoms with E-state index in [0.29, 0.717) is 0 Å². The highest BCUT2D eigenvalue weighted by Gasteiger charge is 2.18. The van der Waals surface area contributed by atoms with Crippen molar-refractivity contribution in [1.82, 2.24) is 0 Å². The number of carbonyl (C=O) groups excluding carboxylic acids is 1. The number of halogens is 2. The van der Waals surface area contributed by atoms with Crippen LogP contribution in [0.2, 0.25) is 0 Å². The van der Waals surface area contributed by atoms with Gasteiger partial charge in [0.15, 0.2) is 0 Å². The molecule has 116 valence electrons. The molecule has 8 heteroatoms. The molecule has 0 radical (unpaired) electrons. The Balaban J connectivity index is 2.45. The minimum absolute atomic E-state index is 0.00990. The number of nitrogens with one attached hydrogen (secondary N) is 1. The average Bonchev–Trinajstić information content (AvgIpc) is 2.43. The van der Waals surface area contributed by atoms with E-state index in [-0.39, 0.29) is 21.7 Å². The molecule has 0 atom stereocenters. The highest BCUT2D eigenvalue weighted by molar-refractivity contribution is 7.92. The zero-order chi connectivity index (χ0) is 16.5. The Morgan fingerprint density at radius 2 is 1.73 bits per heavy atom. The number of nitrogens with two attached hydrogens (primary N) is 1. The monoisotopic (exact) mass is 326 g/mol. The van der Waals surface area contributed by atoms with Crippen LogP contribution in [0.1, 0.15) is 15.9 Å².